The van der Waals surface area contributed by atoms with Crippen molar-refractivity contribution < 1.29 is 8.42 Å². The van der Waals surface area contributed by atoms with Gasteiger partial charge in [0.05, 0.1) is 5.75 Å². The Hall–Kier alpha value is -1.14. The lowest BCUT2D eigenvalue weighted by Crippen LogP contribution is -2.45. The Morgan fingerprint density at radius 2 is 2.00 bits per heavy atom. The Bertz CT molecular complexity index is 567. The Balaban J connectivity index is 1.82. The molecule has 1 aromatic rings. The van der Waals surface area contributed by atoms with E-state index in [9.17, 15) is 8.42 Å². The maximum absolute atomic E-state index is 12.0. The van der Waals surface area contributed by atoms with Crippen LogP contribution in [0.15, 0.2) is 18.2 Å². The van der Waals surface area contributed by atoms with Crippen molar-refractivity contribution in [2.24, 2.45) is 0 Å². The number of unbranched alkanes of at least 4 members (excludes halogenated alkanes) is 2. The first-order valence-electron chi connectivity index (χ1n) is 8.19. The van der Waals surface area contributed by atoms with E-state index >= 15 is 0 Å². The molecule has 1 N–H and O–H groups in total. The van der Waals surface area contributed by atoms with Crippen molar-refractivity contribution >= 4 is 15.8 Å². The quantitative estimate of drug-likeness (QED) is 0.782. The van der Waals surface area contributed by atoms with Crippen molar-refractivity contribution in [3.63, 3.8) is 0 Å². The number of anilines is 1. The highest BCUT2D eigenvalue weighted by molar-refractivity contribution is 7.89. The van der Waals surface area contributed by atoms with Crippen LogP contribution in [-0.4, -0.2) is 38.3 Å². The van der Waals surface area contributed by atoms with Crippen molar-refractivity contribution in [2.45, 2.75) is 52.0 Å². The van der Waals surface area contributed by atoms with Crippen molar-refractivity contribution in [1.29, 1.82) is 0 Å². The zero-order valence-electron chi connectivity index (χ0n) is 13.6. The summed E-state index contributed by atoms with van der Waals surface area (Å²) >= 11 is 0. The number of hydrogen-bond acceptors (Lipinski definition) is 4. The van der Waals surface area contributed by atoms with Gasteiger partial charge in [0, 0.05) is 24.8 Å². The predicted octanol–water partition coefficient (Wildman–Crippen LogP) is 2.47. The summed E-state index contributed by atoms with van der Waals surface area (Å²) in [5, 5.41) is 0. The third-order valence-corrected chi connectivity index (χ3v) is 5.57. The number of piperidine rings is 1. The van der Waals surface area contributed by atoms with Gasteiger partial charge in [0.1, 0.15) is 5.82 Å². The molecule has 0 saturated carbocycles. The normalized spacial score (nSPS) is 16.9. The van der Waals surface area contributed by atoms with Gasteiger partial charge in [-0.25, -0.2) is 18.1 Å². The van der Waals surface area contributed by atoms with E-state index in [1.165, 1.54) is 0 Å². The van der Waals surface area contributed by atoms with E-state index in [1.807, 2.05) is 25.1 Å². The second-order valence-electron chi connectivity index (χ2n) is 6.04. The molecule has 2 heterocycles. The van der Waals surface area contributed by atoms with Gasteiger partial charge in [0.2, 0.25) is 10.0 Å². The molecule has 6 heteroatoms. The molecule has 1 saturated heterocycles. The van der Waals surface area contributed by atoms with Crippen molar-refractivity contribution in [3.8, 4) is 0 Å². The van der Waals surface area contributed by atoms with Gasteiger partial charge < -0.3 is 4.90 Å². The molecule has 2 rings (SSSR count). The number of hydrogen-bond donors (Lipinski definition) is 1. The molecular weight excluding hydrogens is 298 g/mol. The smallest absolute Gasteiger partial charge is 0.211 e. The lowest BCUT2D eigenvalue weighted by molar-refractivity contribution is 0.457. The van der Waals surface area contributed by atoms with E-state index in [0.717, 1.165) is 56.7 Å². The highest BCUT2D eigenvalue weighted by atomic mass is 32.2. The maximum atomic E-state index is 12.0. The summed E-state index contributed by atoms with van der Waals surface area (Å²) in [4.78, 5) is 6.76. The highest BCUT2D eigenvalue weighted by Crippen LogP contribution is 2.18. The number of aromatic nitrogens is 1. The van der Waals surface area contributed by atoms with Crippen LogP contribution >= 0.6 is 0 Å². The van der Waals surface area contributed by atoms with Crippen LogP contribution in [0.4, 0.5) is 5.82 Å². The third-order valence-electron chi connectivity index (χ3n) is 4.06. The second-order valence-corrected chi connectivity index (χ2v) is 7.92. The second kappa shape index (κ2) is 7.92. The molecule has 0 atom stereocenters. The molecule has 22 heavy (non-hydrogen) atoms. The fraction of sp³-hybridized carbons (Fsp3) is 0.688. The molecule has 0 unspecified atom stereocenters. The molecule has 1 aromatic heterocycles. The van der Waals surface area contributed by atoms with Crippen molar-refractivity contribution in [1.82, 2.24) is 9.71 Å². The van der Waals surface area contributed by atoms with Gasteiger partial charge in [0.25, 0.3) is 0 Å². The molecule has 0 radical (unpaired) electrons. The molecule has 0 aliphatic carbocycles. The number of nitrogens with one attached hydrogen (secondary N) is 1. The summed E-state index contributed by atoms with van der Waals surface area (Å²) < 4.78 is 26.9. The number of nitrogens with zero attached hydrogens (tertiary/aromatic N) is 2. The summed E-state index contributed by atoms with van der Waals surface area (Å²) in [7, 11) is -3.13. The summed E-state index contributed by atoms with van der Waals surface area (Å²) in [5.74, 6) is 1.24. The Kier molecular flexibility index (Phi) is 6.20. The van der Waals surface area contributed by atoms with Crippen LogP contribution in [0.2, 0.25) is 0 Å². The summed E-state index contributed by atoms with van der Waals surface area (Å²) in [6, 6.07) is 6.08. The van der Waals surface area contributed by atoms with Gasteiger partial charge in [-0.15, -0.1) is 0 Å². The first-order chi connectivity index (χ1) is 10.5. The van der Waals surface area contributed by atoms with Crippen LogP contribution in [0.1, 0.15) is 44.7 Å². The summed E-state index contributed by atoms with van der Waals surface area (Å²) in [5.41, 5.74) is 1.01. The summed E-state index contributed by atoms with van der Waals surface area (Å²) in [6.45, 7) is 5.76. The molecule has 1 aliphatic rings. The number of pyridine rings is 1. The van der Waals surface area contributed by atoms with Crippen LogP contribution in [-0.2, 0) is 10.0 Å². The molecule has 0 spiro atoms. The average Bonchev–Trinajstić information content (AvgIpc) is 2.48. The van der Waals surface area contributed by atoms with Crippen LogP contribution < -0.4 is 9.62 Å². The molecule has 5 nitrogen and oxygen atoms in total. The molecule has 124 valence electrons. The fourth-order valence-electron chi connectivity index (χ4n) is 2.79. The van der Waals surface area contributed by atoms with Crippen LogP contribution in [0.25, 0.3) is 0 Å². The topological polar surface area (TPSA) is 62.3 Å². The van der Waals surface area contributed by atoms with Crippen LogP contribution in [0.3, 0.4) is 0 Å². The highest BCUT2D eigenvalue weighted by Gasteiger charge is 2.23. The van der Waals surface area contributed by atoms with Crippen LogP contribution in [0.5, 0.6) is 0 Å². The lowest BCUT2D eigenvalue weighted by Gasteiger charge is -2.33. The molecule has 0 bridgehead atoms. The zero-order valence-corrected chi connectivity index (χ0v) is 14.4. The monoisotopic (exact) mass is 325 g/mol. The molecule has 1 fully saturated rings. The van der Waals surface area contributed by atoms with Gasteiger partial charge in [-0.2, -0.15) is 0 Å². The van der Waals surface area contributed by atoms with E-state index in [-0.39, 0.29) is 11.8 Å². The zero-order chi connectivity index (χ0) is 16.0. The number of aryl methyl sites for hydroxylation is 1. The SMILES string of the molecule is CCCCCS(=O)(=O)NC1CCN(c2cccc(C)n2)CC1. The minimum absolute atomic E-state index is 0.0627. The Morgan fingerprint density at radius 3 is 2.64 bits per heavy atom. The number of sulfonamides is 1. The van der Waals surface area contributed by atoms with E-state index in [0.29, 0.717) is 0 Å². The van der Waals surface area contributed by atoms with Gasteiger partial charge in [0.15, 0.2) is 0 Å². The van der Waals surface area contributed by atoms with Gasteiger partial charge >= 0.3 is 0 Å². The molecule has 1 aliphatic heterocycles. The lowest BCUT2D eigenvalue weighted by atomic mass is 10.1. The Morgan fingerprint density at radius 1 is 1.27 bits per heavy atom. The fourth-order valence-corrected chi connectivity index (χ4v) is 4.23. The third kappa shape index (κ3) is 5.25. The summed E-state index contributed by atoms with van der Waals surface area (Å²) in [6.07, 6.45) is 4.43. The average molecular weight is 325 g/mol. The predicted molar refractivity (Wildman–Crippen MR) is 90.7 cm³/mol. The minimum Gasteiger partial charge on any atom is -0.356 e. The Labute approximate surface area is 134 Å². The molecular formula is C16H27N3O2S. The minimum atomic E-state index is -3.13. The maximum Gasteiger partial charge on any atom is 0.211 e. The van der Waals surface area contributed by atoms with E-state index in [1.54, 1.807) is 0 Å². The van der Waals surface area contributed by atoms with E-state index in [4.69, 9.17) is 0 Å². The van der Waals surface area contributed by atoms with E-state index < -0.39 is 10.0 Å². The molecule has 0 amide bonds. The van der Waals surface area contributed by atoms with Gasteiger partial charge in [-0.05, 0) is 38.3 Å². The van der Waals surface area contributed by atoms with E-state index in [2.05, 4.69) is 21.5 Å². The standard InChI is InChI=1S/C16H27N3O2S/c1-3-4-5-13-22(20,21)18-15-9-11-19(12-10-15)16-8-6-7-14(2)17-16/h6-8,15,18H,3-5,9-13H2,1-2H3. The largest absolute Gasteiger partial charge is 0.356 e. The first kappa shape index (κ1) is 17.2. The van der Waals surface area contributed by atoms with Gasteiger partial charge in [-0.1, -0.05) is 25.8 Å². The van der Waals surface area contributed by atoms with Crippen molar-refractivity contribution in [2.75, 3.05) is 23.7 Å². The molecule has 0 aromatic carbocycles. The number of rotatable bonds is 7. The van der Waals surface area contributed by atoms with Crippen molar-refractivity contribution in [3.05, 3.63) is 23.9 Å². The first-order valence-corrected chi connectivity index (χ1v) is 9.84. The van der Waals surface area contributed by atoms with Crippen LogP contribution in [0, 0.1) is 6.92 Å². The van der Waals surface area contributed by atoms with Gasteiger partial charge in [-0.3, -0.25) is 0 Å².